The van der Waals surface area contributed by atoms with E-state index in [2.05, 4.69) is 39.1 Å². The lowest BCUT2D eigenvalue weighted by atomic mass is 10.0. The first-order chi connectivity index (χ1) is 7.88. The van der Waals surface area contributed by atoms with Gasteiger partial charge in [0.25, 0.3) is 0 Å². The van der Waals surface area contributed by atoms with Crippen molar-refractivity contribution in [1.82, 2.24) is 5.32 Å². The number of unbranched alkanes of at least 4 members (excludes halogenated alkanes) is 1. The summed E-state index contributed by atoms with van der Waals surface area (Å²) < 4.78 is 0. The molecule has 0 aliphatic heterocycles. The highest BCUT2D eigenvalue weighted by molar-refractivity contribution is 6.30. The maximum Gasteiger partial charge on any atom is 0.0408 e. The molecule has 0 saturated heterocycles. The largest absolute Gasteiger partial charge is 0.312 e. The SMILES string of the molecule is Cc1cc(Cl)ccc1CCCCNC(C)(C)C. The van der Waals surface area contributed by atoms with Gasteiger partial charge in [0.1, 0.15) is 0 Å². The predicted octanol–water partition coefficient (Wildman–Crippen LogP) is 4.36. The molecule has 0 unspecified atom stereocenters. The van der Waals surface area contributed by atoms with Gasteiger partial charge in [0.15, 0.2) is 0 Å². The summed E-state index contributed by atoms with van der Waals surface area (Å²) in [6.45, 7) is 9.84. The molecule has 1 aromatic carbocycles. The lowest BCUT2D eigenvalue weighted by Gasteiger charge is -2.20. The van der Waals surface area contributed by atoms with Crippen molar-refractivity contribution in [2.24, 2.45) is 0 Å². The molecule has 0 saturated carbocycles. The summed E-state index contributed by atoms with van der Waals surface area (Å²) in [5, 5.41) is 4.34. The van der Waals surface area contributed by atoms with Crippen molar-refractivity contribution >= 4 is 11.6 Å². The minimum atomic E-state index is 0.232. The van der Waals surface area contributed by atoms with Crippen LogP contribution in [0, 0.1) is 6.92 Å². The molecule has 0 atom stereocenters. The van der Waals surface area contributed by atoms with E-state index < -0.39 is 0 Å². The Bertz CT molecular complexity index is 352. The average Bonchev–Trinajstić information content (AvgIpc) is 2.18. The number of nitrogens with one attached hydrogen (secondary N) is 1. The third kappa shape index (κ3) is 6.09. The fourth-order valence-corrected chi connectivity index (χ4v) is 2.07. The normalized spacial score (nSPS) is 11.8. The van der Waals surface area contributed by atoms with Gasteiger partial charge in [-0.3, -0.25) is 0 Å². The molecular formula is C15H24ClN. The van der Waals surface area contributed by atoms with Gasteiger partial charge in [-0.2, -0.15) is 0 Å². The molecule has 1 rings (SSSR count). The zero-order valence-corrected chi connectivity index (χ0v) is 12.2. The van der Waals surface area contributed by atoms with Crippen molar-refractivity contribution in [2.75, 3.05) is 6.54 Å². The lowest BCUT2D eigenvalue weighted by molar-refractivity contribution is 0.419. The number of hydrogen-bond donors (Lipinski definition) is 1. The lowest BCUT2D eigenvalue weighted by Crippen LogP contribution is -2.36. The molecule has 0 spiro atoms. The van der Waals surface area contributed by atoms with Crippen LogP contribution < -0.4 is 5.32 Å². The monoisotopic (exact) mass is 253 g/mol. The third-order valence-corrected chi connectivity index (χ3v) is 3.07. The first kappa shape index (κ1) is 14.5. The van der Waals surface area contributed by atoms with Gasteiger partial charge in [-0.15, -0.1) is 0 Å². The smallest absolute Gasteiger partial charge is 0.0408 e. The Morgan fingerprint density at radius 3 is 2.47 bits per heavy atom. The summed E-state index contributed by atoms with van der Waals surface area (Å²) in [4.78, 5) is 0. The van der Waals surface area contributed by atoms with Crippen molar-refractivity contribution in [3.8, 4) is 0 Å². The minimum Gasteiger partial charge on any atom is -0.312 e. The van der Waals surface area contributed by atoms with Crippen LogP contribution in [0.5, 0.6) is 0 Å². The molecule has 1 N–H and O–H groups in total. The van der Waals surface area contributed by atoms with E-state index in [9.17, 15) is 0 Å². The van der Waals surface area contributed by atoms with E-state index in [1.165, 1.54) is 24.0 Å². The van der Waals surface area contributed by atoms with E-state index in [1.54, 1.807) is 0 Å². The molecule has 0 aromatic heterocycles. The first-order valence-electron chi connectivity index (χ1n) is 6.38. The fourth-order valence-electron chi connectivity index (χ4n) is 1.84. The minimum absolute atomic E-state index is 0.232. The summed E-state index contributed by atoms with van der Waals surface area (Å²) in [5.41, 5.74) is 2.96. The van der Waals surface area contributed by atoms with Crippen molar-refractivity contribution in [1.29, 1.82) is 0 Å². The number of hydrogen-bond acceptors (Lipinski definition) is 1. The summed E-state index contributed by atoms with van der Waals surface area (Å²) >= 11 is 5.94. The number of rotatable bonds is 5. The Kier molecular flexibility index (Phi) is 5.48. The summed E-state index contributed by atoms with van der Waals surface area (Å²) in [5.74, 6) is 0. The molecule has 0 aliphatic carbocycles. The van der Waals surface area contributed by atoms with E-state index in [-0.39, 0.29) is 5.54 Å². The van der Waals surface area contributed by atoms with Crippen LogP contribution >= 0.6 is 11.6 Å². The van der Waals surface area contributed by atoms with Gasteiger partial charge in [0, 0.05) is 10.6 Å². The Morgan fingerprint density at radius 2 is 1.88 bits per heavy atom. The maximum atomic E-state index is 5.94. The van der Waals surface area contributed by atoms with Crippen LogP contribution in [0.15, 0.2) is 18.2 Å². The van der Waals surface area contributed by atoms with Gasteiger partial charge in [0.2, 0.25) is 0 Å². The molecule has 17 heavy (non-hydrogen) atoms. The number of halogens is 1. The Hall–Kier alpha value is -0.530. The number of aryl methyl sites for hydroxylation is 2. The zero-order chi connectivity index (χ0) is 12.9. The quantitative estimate of drug-likeness (QED) is 0.769. The van der Waals surface area contributed by atoms with E-state index in [1.807, 2.05) is 12.1 Å². The van der Waals surface area contributed by atoms with Gasteiger partial charge in [-0.25, -0.2) is 0 Å². The average molecular weight is 254 g/mol. The Labute approximate surface area is 111 Å². The van der Waals surface area contributed by atoms with Crippen molar-refractivity contribution in [3.63, 3.8) is 0 Å². The Morgan fingerprint density at radius 1 is 1.18 bits per heavy atom. The molecule has 0 aliphatic rings. The predicted molar refractivity (Wildman–Crippen MR) is 76.9 cm³/mol. The molecule has 0 fully saturated rings. The molecule has 0 heterocycles. The first-order valence-corrected chi connectivity index (χ1v) is 6.76. The second-order valence-corrected chi connectivity index (χ2v) is 6.14. The summed E-state index contributed by atoms with van der Waals surface area (Å²) in [6, 6.07) is 6.18. The van der Waals surface area contributed by atoms with Gasteiger partial charge >= 0.3 is 0 Å². The summed E-state index contributed by atoms with van der Waals surface area (Å²) in [6.07, 6.45) is 3.60. The second kappa shape index (κ2) is 6.42. The van der Waals surface area contributed by atoms with Crippen LogP contribution in [-0.4, -0.2) is 12.1 Å². The van der Waals surface area contributed by atoms with Gasteiger partial charge in [0.05, 0.1) is 0 Å². The van der Waals surface area contributed by atoms with Crippen molar-refractivity contribution in [3.05, 3.63) is 34.3 Å². The fraction of sp³-hybridized carbons (Fsp3) is 0.600. The van der Waals surface area contributed by atoms with Crippen molar-refractivity contribution < 1.29 is 0 Å². The van der Waals surface area contributed by atoms with Crippen LogP contribution in [0.2, 0.25) is 5.02 Å². The van der Waals surface area contributed by atoms with Crippen molar-refractivity contribution in [2.45, 2.75) is 52.5 Å². The highest BCUT2D eigenvalue weighted by Crippen LogP contribution is 2.17. The van der Waals surface area contributed by atoms with E-state index in [0.29, 0.717) is 0 Å². The highest BCUT2D eigenvalue weighted by Gasteiger charge is 2.07. The molecular weight excluding hydrogens is 230 g/mol. The van der Waals surface area contributed by atoms with Crippen LogP contribution in [0.1, 0.15) is 44.7 Å². The van der Waals surface area contributed by atoms with Crippen LogP contribution in [0.3, 0.4) is 0 Å². The van der Waals surface area contributed by atoms with E-state index >= 15 is 0 Å². The zero-order valence-electron chi connectivity index (χ0n) is 11.4. The molecule has 0 radical (unpaired) electrons. The third-order valence-electron chi connectivity index (χ3n) is 2.83. The maximum absolute atomic E-state index is 5.94. The van der Waals surface area contributed by atoms with Gasteiger partial charge in [-0.1, -0.05) is 17.7 Å². The van der Waals surface area contributed by atoms with Gasteiger partial charge in [-0.05, 0) is 76.8 Å². The van der Waals surface area contributed by atoms with Crippen LogP contribution in [-0.2, 0) is 6.42 Å². The summed E-state index contributed by atoms with van der Waals surface area (Å²) in [7, 11) is 0. The molecule has 0 amide bonds. The van der Waals surface area contributed by atoms with E-state index in [0.717, 1.165) is 18.0 Å². The highest BCUT2D eigenvalue weighted by atomic mass is 35.5. The van der Waals surface area contributed by atoms with E-state index in [4.69, 9.17) is 11.6 Å². The molecule has 1 aromatic rings. The molecule has 0 bridgehead atoms. The van der Waals surface area contributed by atoms with Crippen LogP contribution in [0.4, 0.5) is 0 Å². The van der Waals surface area contributed by atoms with Gasteiger partial charge < -0.3 is 5.32 Å². The number of benzene rings is 1. The molecule has 2 heteroatoms. The molecule has 96 valence electrons. The second-order valence-electron chi connectivity index (χ2n) is 5.70. The Balaban J connectivity index is 2.27. The van der Waals surface area contributed by atoms with Crippen LogP contribution in [0.25, 0.3) is 0 Å². The molecule has 1 nitrogen and oxygen atoms in total. The topological polar surface area (TPSA) is 12.0 Å². The standard InChI is InChI=1S/C15H24ClN/c1-12-11-14(16)9-8-13(12)7-5-6-10-17-15(2,3)4/h8-9,11,17H,5-7,10H2,1-4H3.